The second-order valence-corrected chi connectivity index (χ2v) is 4.86. The first-order valence-electron chi connectivity index (χ1n) is 7.33. The Morgan fingerprint density at radius 2 is 1.73 bits per heavy atom. The zero-order chi connectivity index (χ0) is 15.6. The van der Waals surface area contributed by atoms with Crippen LogP contribution in [0.2, 0.25) is 0 Å². The van der Waals surface area contributed by atoms with Crippen molar-refractivity contribution in [3.8, 4) is 5.75 Å². The summed E-state index contributed by atoms with van der Waals surface area (Å²) < 4.78 is 10.6. The highest BCUT2D eigenvalue weighted by Gasteiger charge is 2.04. The fraction of sp³-hybridized carbons (Fsp3) is 0.278. The van der Waals surface area contributed by atoms with Gasteiger partial charge in [0.05, 0.1) is 13.2 Å². The molecule has 0 aromatic heterocycles. The van der Waals surface area contributed by atoms with Crippen molar-refractivity contribution in [1.82, 2.24) is 5.32 Å². The number of carbonyl (C=O) groups excluding carboxylic acids is 1. The summed E-state index contributed by atoms with van der Waals surface area (Å²) in [6.45, 7) is 1.63. The summed E-state index contributed by atoms with van der Waals surface area (Å²) in [6.07, 6.45) is 0.861. The molecule has 0 heterocycles. The SMILES string of the molecule is COCCNC(=O)c1ccc(OCCc2ccccc2)cc1. The van der Waals surface area contributed by atoms with E-state index in [2.05, 4.69) is 17.4 Å². The summed E-state index contributed by atoms with van der Waals surface area (Å²) in [6, 6.07) is 17.4. The molecule has 4 nitrogen and oxygen atoms in total. The van der Waals surface area contributed by atoms with Gasteiger partial charge < -0.3 is 14.8 Å². The van der Waals surface area contributed by atoms with Crippen LogP contribution in [0.3, 0.4) is 0 Å². The van der Waals surface area contributed by atoms with Crippen LogP contribution in [0.25, 0.3) is 0 Å². The minimum absolute atomic E-state index is 0.104. The van der Waals surface area contributed by atoms with Crippen LogP contribution in [0, 0.1) is 0 Å². The van der Waals surface area contributed by atoms with E-state index in [1.54, 1.807) is 19.2 Å². The fourth-order valence-electron chi connectivity index (χ4n) is 2.00. The van der Waals surface area contributed by atoms with Gasteiger partial charge in [0.2, 0.25) is 0 Å². The molecule has 0 saturated carbocycles. The number of nitrogens with one attached hydrogen (secondary N) is 1. The molecule has 2 aromatic carbocycles. The molecule has 0 bridgehead atoms. The third kappa shape index (κ3) is 5.22. The Labute approximate surface area is 131 Å². The summed E-state index contributed by atoms with van der Waals surface area (Å²) in [5.41, 5.74) is 1.86. The maximum absolute atomic E-state index is 11.8. The van der Waals surface area contributed by atoms with Crippen molar-refractivity contribution in [1.29, 1.82) is 0 Å². The third-order valence-corrected chi connectivity index (χ3v) is 3.21. The maximum atomic E-state index is 11.8. The van der Waals surface area contributed by atoms with Crippen LogP contribution in [0.4, 0.5) is 0 Å². The van der Waals surface area contributed by atoms with Crippen molar-refractivity contribution in [2.24, 2.45) is 0 Å². The van der Waals surface area contributed by atoms with Gasteiger partial charge in [0.15, 0.2) is 0 Å². The first kappa shape index (κ1) is 16.0. The summed E-state index contributed by atoms with van der Waals surface area (Å²) in [5, 5.41) is 2.78. The first-order chi connectivity index (χ1) is 10.8. The quantitative estimate of drug-likeness (QED) is 0.762. The molecule has 2 aromatic rings. The Morgan fingerprint density at radius 1 is 1.00 bits per heavy atom. The van der Waals surface area contributed by atoms with E-state index in [0.29, 0.717) is 25.3 Å². The molecular weight excluding hydrogens is 278 g/mol. The molecule has 1 N–H and O–H groups in total. The van der Waals surface area contributed by atoms with Gasteiger partial charge in [0, 0.05) is 25.6 Å². The van der Waals surface area contributed by atoms with E-state index < -0.39 is 0 Å². The Balaban J connectivity index is 1.78. The topological polar surface area (TPSA) is 47.6 Å². The molecule has 0 spiro atoms. The highest BCUT2D eigenvalue weighted by Crippen LogP contribution is 2.13. The van der Waals surface area contributed by atoms with Gasteiger partial charge in [-0.2, -0.15) is 0 Å². The number of methoxy groups -OCH3 is 1. The van der Waals surface area contributed by atoms with E-state index in [1.807, 2.05) is 30.3 Å². The molecular formula is C18H21NO3. The van der Waals surface area contributed by atoms with E-state index in [0.717, 1.165) is 12.2 Å². The predicted molar refractivity (Wildman–Crippen MR) is 86.3 cm³/mol. The van der Waals surface area contributed by atoms with Crippen LogP contribution in [0.1, 0.15) is 15.9 Å². The lowest BCUT2D eigenvalue weighted by Crippen LogP contribution is -2.26. The number of carbonyl (C=O) groups is 1. The molecule has 0 aliphatic rings. The Kier molecular flexibility index (Phi) is 6.45. The van der Waals surface area contributed by atoms with Crippen molar-refractivity contribution in [3.63, 3.8) is 0 Å². The number of rotatable bonds is 8. The normalized spacial score (nSPS) is 10.2. The molecule has 0 saturated heterocycles. The first-order valence-corrected chi connectivity index (χ1v) is 7.33. The molecule has 4 heteroatoms. The average Bonchev–Trinajstić information content (AvgIpc) is 2.56. The van der Waals surface area contributed by atoms with Gasteiger partial charge in [-0.1, -0.05) is 30.3 Å². The summed E-state index contributed by atoms with van der Waals surface area (Å²) >= 11 is 0. The molecule has 2 rings (SSSR count). The highest BCUT2D eigenvalue weighted by atomic mass is 16.5. The number of hydrogen-bond acceptors (Lipinski definition) is 3. The van der Waals surface area contributed by atoms with Crippen molar-refractivity contribution in [2.75, 3.05) is 26.9 Å². The summed E-state index contributed by atoms with van der Waals surface area (Å²) in [4.78, 5) is 11.8. The van der Waals surface area contributed by atoms with Crippen LogP contribution in [0.15, 0.2) is 54.6 Å². The van der Waals surface area contributed by atoms with Gasteiger partial charge in [0.25, 0.3) is 5.91 Å². The van der Waals surface area contributed by atoms with Gasteiger partial charge >= 0.3 is 0 Å². The Morgan fingerprint density at radius 3 is 2.41 bits per heavy atom. The predicted octanol–water partition coefficient (Wildman–Crippen LogP) is 2.68. The van der Waals surface area contributed by atoms with Gasteiger partial charge in [-0.15, -0.1) is 0 Å². The van der Waals surface area contributed by atoms with E-state index in [9.17, 15) is 4.79 Å². The van der Waals surface area contributed by atoms with Gasteiger partial charge in [-0.25, -0.2) is 0 Å². The minimum Gasteiger partial charge on any atom is -0.493 e. The van der Waals surface area contributed by atoms with Crippen LogP contribution in [0.5, 0.6) is 5.75 Å². The molecule has 116 valence electrons. The Hall–Kier alpha value is -2.33. The maximum Gasteiger partial charge on any atom is 0.251 e. The molecule has 1 amide bonds. The molecule has 0 aliphatic carbocycles. The molecule has 0 aliphatic heterocycles. The molecule has 0 fully saturated rings. The number of benzene rings is 2. The molecule has 0 atom stereocenters. The lowest BCUT2D eigenvalue weighted by molar-refractivity contribution is 0.0937. The highest BCUT2D eigenvalue weighted by molar-refractivity contribution is 5.94. The van der Waals surface area contributed by atoms with Crippen molar-refractivity contribution < 1.29 is 14.3 Å². The lowest BCUT2D eigenvalue weighted by Gasteiger charge is -2.08. The molecule has 22 heavy (non-hydrogen) atoms. The number of amides is 1. The zero-order valence-electron chi connectivity index (χ0n) is 12.7. The Bertz CT molecular complexity index is 567. The standard InChI is InChI=1S/C18H21NO3/c1-21-14-12-19-18(20)16-7-9-17(10-8-16)22-13-11-15-5-3-2-4-6-15/h2-10H,11-14H2,1H3,(H,19,20). The van der Waals surface area contributed by atoms with Gasteiger partial charge in [-0.05, 0) is 29.8 Å². The number of hydrogen-bond donors (Lipinski definition) is 1. The van der Waals surface area contributed by atoms with Crippen LogP contribution < -0.4 is 10.1 Å². The van der Waals surface area contributed by atoms with E-state index in [4.69, 9.17) is 9.47 Å². The van der Waals surface area contributed by atoms with Crippen LogP contribution in [-0.2, 0) is 11.2 Å². The minimum atomic E-state index is -0.104. The van der Waals surface area contributed by atoms with E-state index in [-0.39, 0.29) is 5.91 Å². The third-order valence-electron chi connectivity index (χ3n) is 3.21. The zero-order valence-corrected chi connectivity index (χ0v) is 12.7. The second-order valence-electron chi connectivity index (χ2n) is 4.86. The summed E-state index contributed by atoms with van der Waals surface area (Å²) in [7, 11) is 1.60. The lowest BCUT2D eigenvalue weighted by atomic mass is 10.2. The van der Waals surface area contributed by atoms with Crippen LogP contribution in [-0.4, -0.2) is 32.8 Å². The molecule has 0 radical (unpaired) electrons. The molecule has 0 unspecified atom stereocenters. The number of ether oxygens (including phenoxy) is 2. The van der Waals surface area contributed by atoms with Crippen LogP contribution >= 0.6 is 0 Å². The van der Waals surface area contributed by atoms with Gasteiger partial charge in [0.1, 0.15) is 5.75 Å². The van der Waals surface area contributed by atoms with Crippen molar-refractivity contribution in [2.45, 2.75) is 6.42 Å². The summed E-state index contributed by atoms with van der Waals surface area (Å²) in [5.74, 6) is 0.664. The van der Waals surface area contributed by atoms with Crippen molar-refractivity contribution in [3.05, 3.63) is 65.7 Å². The average molecular weight is 299 g/mol. The van der Waals surface area contributed by atoms with E-state index in [1.165, 1.54) is 5.56 Å². The smallest absolute Gasteiger partial charge is 0.251 e. The largest absolute Gasteiger partial charge is 0.493 e. The van der Waals surface area contributed by atoms with Gasteiger partial charge in [-0.3, -0.25) is 4.79 Å². The monoisotopic (exact) mass is 299 g/mol. The van der Waals surface area contributed by atoms with Crippen molar-refractivity contribution >= 4 is 5.91 Å². The van der Waals surface area contributed by atoms with E-state index >= 15 is 0 Å². The fourth-order valence-corrected chi connectivity index (χ4v) is 2.00. The second kappa shape index (κ2) is 8.85.